The third-order valence-corrected chi connectivity index (χ3v) is 8.43. The smallest absolute Gasteiger partial charge is 0.347 e. The Morgan fingerprint density at radius 3 is 2.19 bits per heavy atom. The largest absolute Gasteiger partial charge is 0.417 e. The van der Waals surface area contributed by atoms with Crippen LogP contribution in [0.3, 0.4) is 0 Å². The van der Waals surface area contributed by atoms with Gasteiger partial charge in [0.05, 0.1) is 10.8 Å². The first-order valence-corrected chi connectivity index (χ1v) is 13.4. The van der Waals surface area contributed by atoms with Crippen molar-refractivity contribution in [2.24, 2.45) is 5.41 Å². The Bertz CT molecular complexity index is 1400. The van der Waals surface area contributed by atoms with Gasteiger partial charge in [-0.3, -0.25) is 0 Å². The van der Waals surface area contributed by atoms with E-state index in [2.05, 4.69) is 0 Å². The number of aromatic nitrogens is 1. The standard InChI is InChI=1S/C26H28F6N2O2S/c1-24(2,3)15-34-14-20(23(26(30,31)32)33-37(35,36)17-7-6-8-17)19-12-11-16(13-22(19)34)18-9-4-5-10-21(18)25(27,28)29/h4-5,9-14,17,23,33H,6-8,15H2,1-3H3/t23-/m0/s1. The monoisotopic (exact) mass is 546 g/mol. The molecule has 1 aromatic heterocycles. The van der Waals surface area contributed by atoms with Gasteiger partial charge in [-0.15, -0.1) is 0 Å². The molecule has 202 valence electrons. The first-order chi connectivity index (χ1) is 17.0. The zero-order valence-corrected chi connectivity index (χ0v) is 21.4. The van der Waals surface area contributed by atoms with Crippen LogP contribution in [-0.2, 0) is 22.7 Å². The number of hydrogen-bond donors (Lipinski definition) is 1. The first kappa shape index (κ1) is 27.5. The second-order valence-corrected chi connectivity index (χ2v) is 12.7. The Hall–Kier alpha value is -2.53. The molecule has 4 nitrogen and oxygen atoms in total. The predicted molar refractivity (Wildman–Crippen MR) is 130 cm³/mol. The van der Waals surface area contributed by atoms with E-state index in [-0.39, 0.29) is 39.6 Å². The van der Waals surface area contributed by atoms with Gasteiger partial charge < -0.3 is 4.57 Å². The third kappa shape index (κ3) is 5.82. The van der Waals surface area contributed by atoms with Crippen molar-refractivity contribution < 1.29 is 34.8 Å². The fourth-order valence-electron chi connectivity index (χ4n) is 4.59. The zero-order chi connectivity index (χ0) is 27.4. The maximum absolute atomic E-state index is 14.3. The van der Waals surface area contributed by atoms with E-state index in [1.807, 2.05) is 25.5 Å². The fraction of sp³-hybridized carbons (Fsp3) is 0.462. The molecule has 4 rings (SSSR count). The summed E-state index contributed by atoms with van der Waals surface area (Å²) in [5, 5.41) is -0.748. The highest BCUT2D eigenvalue weighted by Gasteiger charge is 2.46. The Kier molecular flexibility index (Phi) is 6.94. The minimum Gasteiger partial charge on any atom is -0.347 e. The molecular weight excluding hydrogens is 518 g/mol. The normalized spacial score (nSPS) is 16.7. The van der Waals surface area contributed by atoms with Crippen molar-refractivity contribution in [3.8, 4) is 11.1 Å². The number of sulfonamides is 1. The second-order valence-electron chi connectivity index (χ2n) is 10.7. The fourth-order valence-corrected chi connectivity index (χ4v) is 6.33. The molecule has 0 unspecified atom stereocenters. The van der Waals surface area contributed by atoms with Gasteiger partial charge >= 0.3 is 12.4 Å². The van der Waals surface area contributed by atoms with Gasteiger partial charge in [0.15, 0.2) is 0 Å². The lowest BCUT2D eigenvalue weighted by Crippen LogP contribution is -2.44. The Labute approximate surface area is 211 Å². The number of rotatable bonds is 6. The molecule has 0 amide bonds. The van der Waals surface area contributed by atoms with Crippen LogP contribution < -0.4 is 4.72 Å². The number of nitrogens with zero attached hydrogens (tertiary/aromatic N) is 1. The molecule has 37 heavy (non-hydrogen) atoms. The van der Waals surface area contributed by atoms with Crippen LogP contribution in [0.25, 0.3) is 22.0 Å². The predicted octanol–water partition coefficient (Wildman–Crippen LogP) is 7.45. The van der Waals surface area contributed by atoms with Crippen LogP contribution in [0.5, 0.6) is 0 Å². The molecule has 0 saturated heterocycles. The van der Waals surface area contributed by atoms with E-state index in [1.54, 1.807) is 4.57 Å². The van der Waals surface area contributed by atoms with Crippen molar-refractivity contribution in [3.05, 3.63) is 59.8 Å². The van der Waals surface area contributed by atoms with E-state index in [0.29, 0.717) is 19.3 Å². The van der Waals surface area contributed by atoms with Gasteiger partial charge in [0.2, 0.25) is 10.0 Å². The maximum Gasteiger partial charge on any atom is 0.417 e. The zero-order valence-electron chi connectivity index (χ0n) is 20.5. The Morgan fingerprint density at radius 1 is 1.00 bits per heavy atom. The van der Waals surface area contributed by atoms with Crippen molar-refractivity contribution in [2.45, 2.75) is 70.2 Å². The van der Waals surface area contributed by atoms with Gasteiger partial charge in [-0.25, -0.2) is 8.42 Å². The summed E-state index contributed by atoms with van der Waals surface area (Å²) < 4.78 is 113. The second kappa shape index (κ2) is 9.34. The summed E-state index contributed by atoms with van der Waals surface area (Å²) in [5.74, 6) is 0. The van der Waals surface area contributed by atoms with Crippen molar-refractivity contribution >= 4 is 20.9 Å². The molecule has 1 aliphatic carbocycles. The lowest BCUT2D eigenvalue weighted by Gasteiger charge is -2.29. The van der Waals surface area contributed by atoms with Gasteiger partial charge in [-0.05, 0) is 41.5 Å². The molecule has 1 aliphatic rings. The van der Waals surface area contributed by atoms with Gasteiger partial charge in [0.1, 0.15) is 6.04 Å². The van der Waals surface area contributed by atoms with E-state index in [1.165, 1.54) is 42.6 Å². The molecule has 0 aliphatic heterocycles. The van der Waals surface area contributed by atoms with Gasteiger partial charge in [-0.1, -0.05) is 57.5 Å². The van der Waals surface area contributed by atoms with Crippen molar-refractivity contribution in [2.75, 3.05) is 0 Å². The highest BCUT2D eigenvalue weighted by atomic mass is 32.2. The van der Waals surface area contributed by atoms with E-state index in [4.69, 9.17) is 0 Å². The van der Waals surface area contributed by atoms with Crippen LogP contribution in [0.15, 0.2) is 48.7 Å². The molecule has 1 heterocycles. The molecular formula is C26H28F6N2O2S. The summed E-state index contributed by atoms with van der Waals surface area (Å²) in [7, 11) is -4.23. The van der Waals surface area contributed by atoms with Crippen LogP contribution in [0.2, 0.25) is 0 Å². The highest BCUT2D eigenvalue weighted by molar-refractivity contribution is 7.90. The summed E-state index contributed by atoms with van der Waals surface area (Å²) in [6.07, 6.45) is -7.06. The van der Waals surface area contributed by atoms with E-state index < -0.39 is 39.2 Å². The van der Waals surface area contributed by atoms with Crippen LogP contribution in [0.1, 0.15) is 57.2 Å². The molecule has 11 heteroatoms. The number of fused-ring (bicyclic) bond motifs is 1. The lowest BCUT2D eigenvalue weighted by molar-refractivity contribution is -0.152. The van der Waals surface area contributed by atoms with Crippen molar-refractivity contribution in [1.82, 2.24) is 9.29 Å². The SMILES string of the molecule is CC(C)(C)Cn1cc([C@H](NS(=O)(=O)C2CCC2)C(F)(F)F)c2ccc(-c3ccccc3C(F)(F)F)cc21. The first-order valence-electron chi connectivity index (χ1n) is 11.8. The summed E-state index contributed by atoms with van der Waals surface area (Å²) >= 11 is 0. The molecule has 1 saturated carbocycles. The quantitative estimate of drug-likeness (QED) is 0.327. The number of benzene rings is 2. The molecule has 0 spiro atoms. The van der Waals surface area contributed by atoms with Crippen LogP contribution in [0, 0.1) is 5.41 Å². The molecule has 1 fully saturated rings. The average molecular weight is 547 g/mol. The Balaban J connectivity index is 1.90. The molecule has 0 bridgehead atoms. The average Bonchev–Trinajstić information content (AvgIpc) is 3.04. The topological polar surface area (TPSA) is 51.1 Å². The maximum atomic E-state index is 14.3. The van der Waals surface area contributed by atoms with Crippen LogP contribution in [0.4, 0.5) is 26.3 Å². The van der Waals surface area contributed by atoms with Crippen LogP contribution >= 0.6 is 0 Å². The summed E-state index contributed by atoms with van der Waals surface area (Å²) in [6, 6.07) is 6.62. The van der Waals surface area contributed by atoms with Gasteiger partial charge in [-0.2, -0.15) is 31.1 Å². The van der Waals surface area contributed by atoms with Crippen molar-refractivity contribution in [3.63, 3.8) is 0 Å². The molecule has 1 atom stereocenters. The number of halogens is 6. The summed E-state index contributed by atoms with van der Waals surface area (Å²) in [6.45, 7) is 5.89. The molecule has 1 N–H and O–H groups in total. The molecule has 3 aromatic rings. The lowest BCUT2D eigenvalue weighted by atomic mass is 9.96. The highest BCUT2D eigenvalue weighted by Crippen LogP contribution is 2.42. The summed E-state index contributed by atoms with van der Waals surface area (Å²) in [5.41, 5.74) is -1.15. The third-order valence-electron chi connectivity index (χ3n) is 6.51. The number of hydrogen-bond acceptors (Lipinski definition) is 2. The van der Waals surface area contributed by atoms with Crippen LogP contribution in [-0.4, -0.2) is 24.4 Å². The number of alkyl halides is 6. The minimum absolute atomic E-state index is 0.0972. The van der Waals surface area contributed by atoms with E-state index in [9.17, 15) is 34.8 Å². The molecule has 0 radical (unpaired) electrons. The van der Waals surface area contributed by atoms with E-state index in [0.717, 1.165) is 6.07 Å². The van der Waals surface area contributed by atoms with Gasteiger partial charge in [0.25, 0.3) is 0 Å². The molecule has 2 aromatic carbocycles. The minimum atomic E-state index is -4.93. The van der Waals surface area contributed by atoms with Gasteiger partial charge in [0, 0.05) is 29.2 Å². The van der Waals surface area contributed by atoms with E-state index >= 15 is 0 Å². The summed E-state index contributed by atoms with van der Waals surface area (Å²) in [4.78, 5) is 0. The Morgan fingerprint density at radius 2 is 1.65 bits per heavy atom. The number of nitrogens with one attached hydrogen (secondary N) is 1. The van der Waals surface area contributed by atoms with Crippen molar-refractivity contribution in [1.29, 1.82) is 0 Å².